The fourth-order valence-electron chi connectivity index (χ4n) is 4.82. The van der Waals surface area contributed by atoms with Crippen LogP contribution in [0.15, 0.2) is 133 Å². The SMILES string of the molecule is c1ccc2cc([Se]c3cc(-c4ccc5ccccc5c4)[se]c3-c3ccc4ccccc4c3)ccc2c1. The number of hydrogen-bond donors (Lipinski definition) is 0. The van der Waals surface area contributed by atoms with Gasteiger partial charge < -0.3 is 0 Å². The molecule has 0 saturated carbocycles. The summed E-state index contributed by atoms with van der Waals surface area (Å²) in [5.74, 6) is 0. The van der Waals surface area contributed by atoms with Gasteiger partial charge in [-0.1, -0.05) is 0 Å². The van der Waals surface area contributed by atoms with Crippen molar-refractivity contribution < 1.29 is 0 Å². The fourth-order valence-corrected chi connectivity index (χ4v) is 10.3. The zero-order valence-electron chi connectivity index (χ0n) is 19.5. The van der Waals surface area contributed by atoms with Crippen molar-refractivity contribution in [3.8, 4) is 20.0 Å². The Labute approximate surface area is 223 Å². The normalized spacial score (nSPS) is 11.4. The first-order valence-electron chi connectivity index (χ1n) is 12.1. The van der Waals surface area contributed by atoms with Crippen molar-refractivity contribution in [2.45, 2.75) is 0 Å². The van der Waals surface area contributed by atoms with Crippen molar-refractivity contribution in [3.63, 3.8) is 0 Å². The first-order chi connectivity index (χ1) is 17.8. The molecule has 1 heterocycles. The summed E-state index contributed by atoms with van der Waals surface area (Å²) < 4.78 is 5.95. The first-order valence-corrected chi connectivity index (χ1v) is 15.5. The Bertz CT molecular complexity index is 1880. The minimum atomic E-state index is 0.241. The van der Waals surface area contributed by atoms with Crippen molar-refractivity contribution in [1.29, 1.82) is 0 Å². The van der Waals surface area contributed by atoms with E-state index in [0.717, 1.165) is 0 Å². The van der Waals surface area contributed by atoms with Gasteiger partial charge >= 0.3 is 224 Å². The zero-order valence-corrected chi connectivity index (χ0v) is 22.9. The van der Waals surface area contributed by atoms with Crippen molar-refractivity contribution in [1.82, 2.24) is 0 Å². The summed E-state index contributed by atoms with van der Waals surface area (Å²) in [7, 11) is 0. The van der Waals surface area contributed by atoms with Crippen LogP contribution in [0.1, 0.15) is 0 Å². The zero-order chi connectivity index (χ0) is 23.9. The summed E-state index contributed by atoms with van der Waals surface area (Å²) >= 11 is 0.504. The van der Waals surface area contributed by atoms with E-state index in [9.17, 15) is 0 Å². The molecule has 0 saturated heterocycles. The van der Waals surface area contributed by atoms with E-state index in [1.807, 2.05) is 0 Å². The third-order valence-electron chi connectivity index (χ3n) is 6.69. The maximum absolute atomic E-state index is 2.50. The van der Waals surface area contributed by atoms with Gasteiger partial charge in [-0.2, -0.15) is 0 Å². The molecule has 0 aliphatic carbocycles. The average molecular weight is 588 g/mol. The van der Waals surface area contributed by atoms with Crippen molar-refractivity contribution >= 4 is 70.7 Å². The summed E-state index contributed by atoms with van der Waals surface area (Å²) in [6.45, 7) is 0. The van der Waals surface area contributed by atoms with Gasteiger partial charge in [-0.25, -0.2) is 0 Å². The van der Waals surface area contributed by atoms with Crippen molar-refractivity contribution in [3.05, 3.63) is 133 Å². The van der Waals surface area contributed by atoms with E-state index in [-0.39, 0.29) is 29.5 Å². The molecule has 0 radical (unpaired) electrons. The second-order valence-corrected chi connectivity index (χ2v) is 13.6. The molecular formula is C34H22Se2. The van der Waals surface area contributed by atoms with E-state index >= 15 is 0 Å². The Kier molecular flexibility index (Phi) is 5.62. The molecule has 0 spiro atoms. The molecule has 1 aromatic heterocycles. The third kappa shape index (κ3) is 4.13. The molecule has 0 nitrogen and oxygen atoms in total. The summed E-state index contributed by atoms with van der Waals surface area (Å²) in [6.07, 6.45) is 0. The van der Waals surface area contributed by atoms with Gasteiger partial charge in [-0.3, -0.25) is 0 Å². The number of hydrogen-bond acceptors (Lipinski definition) is 0. The second-order valence-electron chi connectivity index (χ2n) is 9.04. The quantitative estimate of drug-likeness (QED) is 0.191. The third-order valence-corrected chi connectivity index (χ3v) is 12.1. The fraction of sp³-hybridized carbons (Fsp3) is 0. The molecule has 7 rings (SSSR count). The molecule has 36 heavy (non-hydrogen) atoms. The van der Waals surface area contributed by atoms with Crippen LogP contribution in [0.5, 0.6) is 0 Å². The molecule has 0 unspecified atom stereocenters. The molecule has 7 aromatic rings. The summed E-state index contributed by atoms with van der Waals surface area (Å²) in [5.41, 5.74) is 2.73. The van der Waals surface area contributed by atoms with Crippen LogP contribution in [0.3, 0.4) is 0 Å². The number of rotatable bonds is 4. The predicted molar refractivity (Wildman–Crippen MR) is 158 cm³/mol. The molecule has 2 heteroatoms. The molecule has 0 aliphatic heterocycles. The van der Waals surface area contributed by atoms with Gasteiger partial charge in [-0.05, 0) is 0 Å². The van der Waals surface area contributed by atoms with Crippen molar-refractivity contribution in [2.75, 3.05) is 0 Å². The van der Waals surface area contributed by atoms with E-state index in [4.69, 9.17) is 0 Å². The van der Waals surface area contributed by atoms with Gasteiger partial charge in [0.1, 0.15) is 0 Å². The molecule has 0 fully saturated rings. The number of benzene rings is 6. The Hall–Kier alpha value is -3.38. The van der Waals surface area contributed by atoms with Gasteiger partial charge in [0.05, 0.1) is 0 Å². The van der Waals surface area contributed by atoms with Gasteiger partial charge in [0.2, 0.25) is 0 Å². The summed E-state index contributed by atoms with van der Waals surface area (Å²) in [5, 5.41) is 7.87. The van der Waals surface area contributed by atoms with Gasteiger partial charge in [0, 0.05) is 0 Å². The maximum atomic E-state index is 2.50. The van der Waals surface area contributed by atoms with Crippen molar-refractivity contribution in [2.24, 2.45) is 0 Å². The monoisotopic (exact) mass is 590 g/mol. The number of fused-ring (bicyclic) bond motifs is 3. The van der Waals surface area contributed by atoms with Gasteiger partial charge in [0.25, 0.3) is 0 Å². The molecule has 0 amide bonds. The van der Waals surface area contributed by atoms with Gasteiger partial charge in [-0.15, -0.1) is 0 Å². The Morgan fingerprint density at radius 3 is 1.56 bits per heavy atom. The van der Waals surface area contributed by atoms with E-state index in [0.29, 0.717) is 0 Å². The Balaban J connectivity index is 1.37. The first kappa shape index (κ1) is 21.9. The molecule has 0 N–H and O–H groups in total. The van der Waals surface area contributed by atoms with Crippen LogP contribution in [0, 0.1) is 0 Å². The van der Waals surface area contributed by atoms with Crippen LogP contribution in [0.25, 0.3) is 52.3 Å². The molecule has 170 valence electrons. The van der Waals surface area contributed by atoms with Crippen LogP contribution >= 0.6 is 0 Å². The Morgan fingerprint density at radius 1 is 0.417 bits per heavy atom. The van der Waals surface area contributed by atoms with E-state index in [1.165, 1.54) is 61.2 Å². The standard InChI is InChI=1S/C34H22Se2/c1-4-10-26-19-29(15-13-23(26)7-1)32-22-33(35-31-18-17-25-9-3-6-12-28(25)21-31)34(36-32)30-16-14-24-8-2-5-11-27(24)20-30/h1-22H. The summed E-state index contributed by atoms with van der Waals surface area (Å²) in [6, 6.07) is 49.4. The van der Waals surface area contributed by atoms with Gasteiger partial charge in [0.15, 0.2) is 0 Å². The topological polar surface area (TPSA) is 0 Å². The van der Waals surface area contributed by atoms with Crippen LogP contribution in [0.2, 0.25) is 0 Å². The van der Waals surface area contributed by atoms with Crippen LogP contribution in [-0.2, 0) is 0 Å². The van der Waals surface area contributed by atoms with Crippen LogP contribution < -0.4 is 8.92 Å². The second kappa shape index (κ2) is 9.25. The summed E-state index contributed by atoms with van der Waals surface area (Å²) in [4.78, 5) is 0. The molecule has 0 bridgehead atoms. The molecule has 0 atom stereocenters. The Morgan fingerprint density at radius 2 is 0.917 bits per heavy atom. The van der Waals surface area contributed by atoms with E-state index < -0.39 is 0 Å². The van der Waals surface area contributed by atoms with E-state index in [2.05, 4.69) is 133 Å². The van der Waals surface area contributed by atoms with Crippen LogP contribution in [-0.4, -0.2) is 29.5 Å². The minimum absolute atomic E-state index is 0.241. The molecule has 6 aromatic carbocycles. The average Bonchev–Trinajstić information content (AvgIpc) is 3.36. The van der Waals surface area contributed by atoms with Crippen LogP contribution in [0.4, 0.5) is 0 Å². The van der Waals surface area contributed by atoms with E-state index in [1.54, 1.807) is 0 Å². The predicted octanol–water partition coefficient (Wildman–Crippen LogP) is 7.19. The molecule has 0 aliphatic rings. The molecular weight excluding hydrogens is 566 g/mol.